The van der Waals surface area contributed by atoms with Gasteiger partial charge in [0.2, 0.25) is 5.91 Å². The van der Waals surface area contributed by atoms with Crippen LogP contribution in [0.5, 0.6) is 5.75 Å². The first kappa shape index (κ1) is 22.8. The maximum absolute atomic E-state index is 13.3. The maximum atomic E-state index is 13.3. The molecule has 1 atom stereocenters. The lowest BCUT2D eigenvalue weighted by Crippen LogP contribution is -2.52. The molecule has 0 aromatic heterocycles. The van der Waals surface area contributed by atoms with Crippen LogP contribution in [-0.2, 0) is 16.1 Å². The van der Waals surface area contributed by atoms with Gasteiger partial charge in [0.1, 0.15) is 17.6 Å². The molecule has 166 valence electrons. The van der Waals surface area contributed by atoms with Gasteiger partial charge < -0.3 is 15.0 Å². The van der Waals surface area contributed by atoms with Crippen LogP contribution >= 0.6 is 0 Å². The van der Waals surface area contributed by atoms with Crippen LogP contribution in [-0.4, -0.2) is 35.4 Å². The van der Waals surface area contributed by atoms with Crippen molar-refractivity contribution in [3.8, 4) is 5.75 Å². The minimum atomic E-state index is -0.612. The fraction of sp³-hybridized carbons (Fsp3) is 0.440. The Labute approximate surface area is 183 Å². The van der Waals surface area contributed by atoms with Gasteiger partial charge in [0.15, 0.2) is 6.61 Å². The summed E-state index contributed by atoms with van der Waals surface area (Å²) in [7, 11) is 0. The first-order chi connectivity index (χ1) is 15.0. The van der Waals surface area contributed by atoms with Gasteiger partial charge in [0, 0.05) is 12.6 Å². The van der Waals surface area contributed by atoms with Crippen molar-refractivity contribution in [2.45, 2.75) is 64.6 Å². The number of hydrogen-bond acceptors (Lipinski definition) is 3. The van der Waals surface area contributed by atoms with E-state index in [2.05, 4.69) is 5.32 Å². The second-order valence-electron chi connectivity index (χ2n) is 8.12. The molecular weight excluding hydrogens is 395 g/mol. The average molecular weight is 427 g/mol. The number of para-hydroxylation sites is 1. The number of aryl methyl sites for hydroxylation is 1. The predicted molar refractivity (Wildman–Crippen MR) is 118 cm³/mol. The largest absolute Gasteiger partial charge is 0.484 e. The molecule has 0 heterocycles. The van der Waals surface area contributed by atoms with Crippen LogP contribution in [0, 0.1) is 12.7 Å². The average Bonchev–Trinajstić information content (AvgIpc) is 3.27. The van der Waals surface area contributed by atoms with Crippen molar-refractivity contribution in [3.05, 3.63) is 65.5 Å². The topological polar surface area (TPSA) is 58.6 Å². The highest BCUT2D eigenvalue weighted by Gasteiger charge is 2.30. The van der Waals surface area contributed by atoms with E-state index in [4.69, 9.17) is 4.74 Å². The summed E-state index contributed by atoms with van der Waals surface area (Å²) in [5.74, 6) is -0.113. The van der Waals surface area contributed by atoms with Crippen LogP contribution in [0.15, 0.2) is 48.5 Å². The molecule has 0 spiro atoms. The third kappa shape index (κ3) is 6.29. The van der Waals surface area contributed by atoms with E-state index in [9.17, 15) is 14.0 Å². The Morgan fingerprint density at radius 2 is 1.81 bits per heavy atom. The predicted octanol–water partition coefficient (Wildman–Crippen LogP) is 4.38. The standard InChI is InChI=1S/C25H31FN2O3/c1-3-22(25(30)27-21-9-5-6-10-21)28(16-19-12-14-20(26)15-13-19)24(29)17-31-23-11-7-4-8-18(23)2/h4,7-8,11-15,21-22H,3,5-6,9-10,16-17H2,1-2H3,(H,27,30). The SMILES string of the molecule is CCC(C(=O)NC1CCCC1)N(Cc1ccc(F)cc1)C(=O)COc1ccccc1C. The van der Waals surface area contributed by atoms with Gasteiger partial charge in [0.25, 0.3) is 5.91 Å². The third-order valence-electron chi connectivity index (χ3n) is 5.80. The van der Waals surface area contributed by atoms with E-state index in [0.29, 0.717) is 12.2 Å². The first-order valence-corrected chi connectivity index (χ1v) is 11.0. The summed E-state index contributed by atoms with van der Waals surface area (Å²) in [6.07, 6.45) is 4.67. The second kappa shape index (κ2) is 10.9. The molecule has 0 bridgehead atoms. The Morgan fingerprint density at radius 3 is 2.45 bits per heavy atom. The van der Waals surface area contributed by atoms with Gasteiger partial charge in [-0.3, -0.25) is 9.59 Å². The number of benzene rings is 2. The minimum Gasteiger partial charge on any atom is -0.484 e. The summed E-state index contributed by atoms with van der Waals surface area (Å²) < 4.78 is 19.1. The number of nitrogens with zero attached hydrogens (tertiary/aromatic N) is 1. The smallest absolute Gasteiger partial charge is 0.261 e. The molecule has 6 heteroatoms. The van der Waals surface area contributed by atoms with Gasteiger partial charge in [-0.15, -0.1) is 0 Å². The Balaban J connectivity index is 1.76. The second-order valence-corrected chi connectivity index (χ2v) is 8.12. The normalized spacial score (nSPS) is 14.8. The van der Waals surface area contributed by atoms with Crippen LogP contribution in [0.2, 0.25) is 0 Å². The molecule has 1 fully saturated rings. The zero-order valence-corrected chi connectivity index (χ0v) is 18.3. The highest BCUT2D eigenvalue weighted by atomic mass is 19.1. The van der Waals surface area contributed by atoms with Crippen LogP contribution in [0.4, 0.5) is 4.39 Å². The number of carbonyl (C=O) groups is 2. The number of ether oxygens (including phenoxy) is 1. The Kier molecular flexibility index (Phi) is 8.04. The Hall–Kier alpha value is -2.89. The zero-order valence-electron chi connectivity index (χ0n) is 18.3. The number of halogens is 1. The van der Waals surface area contributed by atoms with Crippen LogP contribution in [0.1, 0.15) is 50.2 Å². The molecule has 5 nitrogen and oxygen atoms in total. The van der Waals surface area contributed by atoms with Gasteiger partial charge in [-0.2, -0.15) is 0 Å². The number of carbonyl (C=O) groups excluding carboxylic acids is 2. The number of hydrogen-bond donors (Lipinski definition) is 1. The van der Waals surface area contributed by atoms with E-state index in [1.165, 1.54) is 12.1 Å². The summed E-state index contributed by atoms with van der Waals surface area (Å²) in [6.45, 7) is 3.86. The van der Waals surface area contributed by atoms with Crippen LogP contribution in [0.25, 0.3) is 0 Å². The lowest BCUT2D eigenvalue weighted by atomic mass is 10.1. The molecule has 2 aromatic carbocycles. The van der Waals surface area contributed by atoms with E-state index < -0.39 is 6.04 Å². The molecule has 1 saturated carbocycles. The molecule has 3 rings (SSSR count). The highest BCUT2D eigenvalue weighted by Crippen LogP contribution is 2.20. The van der Waals surface area contributed by atoms with Gasteiger partial charge in [-0.1, -0.05) is 50.1 Å². The molecule has 1 N–H and O–H groups in total. The molecule has 0 radical (unpaired) electrons. The highest BCUT2D eigenvalue weighted by molar-refractivity contribution is 5.88. The summed E-state index contributed by atoms with van der Waals surface area (Å²) >= 11 is 0. The van der Waals surface area contributed by atoms with Gasteiger partial charge in [-0.25, -0.2) is 4.39 Å². The molecular formula is C25H31FN2O3. The Bertz CT molecular complexity index is 879. The van der Waals surface area contributed by atoms with E-state index in [-0.39, 0.29) is 36.8 Å². The molecule has 2 amide bonds. The molecule has 0 saturated heterocycles. The fourth-order valence-electron chi connectivity index (χ4n) is 4.01. The summed E-state index contributed by atoms with van der Waals surface area (Å²) in [4.78, 5) is 27.8. The number of amides is 2. The summed E-state index contributed by atoms with van der Waals surface area (Å²) in [5.41, 5.74) is 1.70. The Morgan fingerprint density at radius 1 is 1.13 bits per heavy atom. The van der Waals surface area contributed by atoms with Crippen LogP contribution < -0.4 is 10.1 Å². The van der Waals surface area contributed by atoms with Gasteiger partial charge in [0.05, 0.1) is 0 Å². The molecule has 1 aliphatic carbocycles. The summed E-state index contributed by atoms with van der Waals surface area (Å²) in [6, 6.07) is 13.1. The van der Waals surface area contributed by atoms with Crippen molar-refractivity contribution in [2.75, 3.05) is 6.61 Å². The fourth-order valence-corrected chi connectivity index (χ4v) is 4.01. The molecule has 1 unspecified atom stereocenters. The quantitative estimate of drug-likeness (QED) is 0.647. The van der Waals surface area contributed by atoms with Gasteiger partial charge >= 0.3 is 0 Å². The maximum Gasteiger partial charge on any atom is 0.261 e. The van der Waals surface area contributed by atoms with Gasteiger partial charge in [-0.05, 0) is 55.5 Å². The molecule has 31 heavy (non-hydrogen) atoms. The molecule has 0 aliphatic heterocycles. The van der Waals surface area contributed by atoms with Crippen molar-refractivity contribution in [1.82, 2.24) is 10.2 Å². The van der Waals surface area contributed by atoms with Crippen LogP contribution in [0.3, 0.4) is 0 Å². The van der Waals surface area contributed by atoms with E-state index >= 15 is 0 Å². The van der Waals surface area contributed by atoms with Crippen molar-refractivity contribution < 1.29 is 18.7 Å². The van der Waals surface area contributed by atoms with E-state index in [1.807, 2.05) is 38.1 Å². The van der Waals surface area contributed by atoms with E-state index in [0.717, 1.165) is 36.8 Å². The summed E-state index contributed by atoms with van der Waals surface area (Å²) in [5, 5.41) is 3.11. The van der Waals surface area contributed by atoms with Crippen molar-refractivity contribution >= 4 is 11.8 Å². The number of nitrogens with one attached hydrogen (secondary N) is 1. The lowest BCUT2D eigenvalue weighted by molar-refractivity contribution is -0.143. The van der Waals surface area contributed by atoms with E-state index in [1.54, 1.807) is 17.0 Å². The van der Waals surface area contributed by atoms with Crippen molar-refractivity contribution in [1.29, 1.82) is 0 Å². The number of rotatable bonds is 9. The molecule has 1 aliphatic rings. The lowest BCUT2D eigenvalue weighted by Gasteiger charge is -2.31. The van der Waals surface area contributed by atoms with Crippen molar-refractivity contribution in [3.63, 3.8) is 0 Å². The minimum absolute atomic E-state index is 0.138. The van der Waals surface area contributed by atoms with Crippen molar-refractivity contribution in [2.24, 2.45) is 0 Å². The zero-order chi connectivity index (χ0) is 22.2. The first-order valence-electron chi connectivity index (χ1n) is 11.0. The molecule has 2 aromatic rings. The monoisotopic (exact) mass is 426 g/mol. The third-order valence-corrected chi connectivity index (χ3v) is 5.80.